The fraction of sp³-hybridized carbons (Fsp3) is 0. The predicted molar refractivity (Wildman–Crippen MR) is 23.6 cm³/mol. The van der Waals surface area contributed by atoms with E-state index in [1.165, 1.54) is 0 Å². The second-order valence-corrected chi connectivity index (χ2v) is 0.788. The normalized spacial score (nSPS) is 7.57. The van der Waals surface area contributed by atoms with Crippen LogP contribution < -0.4 is 11.4 Å². The average molecular weight is 102 g/mol. The molecule has 0 aliphatic rings. The van der Waals surface area contributed by atoms with Gasteiger partial charge in [-0.1, -0.05) is 6.58 Å². The van der Waals surface area contributed by atoms with Crippen LogP contribution in [0.5, 0.6) is 0 Å². The fourth-order valence-corrected chi connectivity index (χ4v) is 0.0997. The monoisotopic (exact) mass is 102 g/mol. The van der Waals surface area contributed by atoms with Crippen LogP contribution in [0.2, 0.25) is 0 Å². The number of carbonyl (C=O) groups excluding carboxylic acids is 1. The largest absolute Gasteiger partial charge is 0.268 e. The van der Waals surface area contributed by atoms with E-state index in [2.05, 4.69) is 17.4 Å². The van der Waals surface area contributed by atoms with E-state index in [0.717, 1.165) is 6.08 Å². The summed E-state index contributed by atoms with van der Waals surface area (Å²) in [6.07, 6.45) is 1.05. The zero-order valence-corrected chi connectivity index (χ0v) is 3.68. The van der Waals surface area contributed by atoms with Crippen molar-refractivity contribution in [3.8, 4) is 0 Å². The number of amides is 1. The Balaban J connectivity index is 3.17. The van der Waals surface area contributed by atoms with Gasteiger partial charge < -0.3 is 0 Å². The molecule has 0 bridgehead atoms. The van der Waals surface area contributed by atoms with Crippen molar-refractivity contribution < 1.29 is 9.73 Å². The lowest BCUT2D eigenvalue weighted by Gasteiger charge is -1.90. The predicted octanol–water partition coefficient (Wildman–Crippen LogP) is -0.906. The lowest BCUT2D eigenvalue weighted by Crippen LogP contribution is -2.24. The average Bonchev–Trinajstić information content (AvgIpc) is 1.68. The van der Waals surface area contributed by atoms with Crippen LogP contribution in [0.25, 0.3) is 0 Å². The quantitative estimate of drug-likeness (QED) is 0.350. The highest BCUT2D eigenvalue weighted by Crippen LogP contribution is 1.59. The Bertz CT molecular complexity index is 81.0. The maximum Gasteiger partial charge on any atom is 0.268 e. The van der Waals surface area contributed by atoms with Crippen molar-refractivity contribution in [2.45, 2.75) is 0 Å². The van der Waals surface area contributed by atoms with E-state index in [9.17, 15) is 4.79 Å². The van der Waals surface area contributed by atoms with Gasteiger partial charge in [-0.15, -0.1) is 0 Å². The number of hydrogen-bond donors (Lipinski definition) is 2. The lowest BCUT2D eigenvalue weighted by molar-refractivity contribution is -0.128. The number of hydroxylamine groups is 1. The van der Waals surface area contributed by atoms with Crippen LogP contribution in [0.4, 0.5) is 0 Å². The Morgan fingerprint density at radius 1 is 2.00 bits per heavy atom. The Morgan fingerprint density at radius 3 is 2.71 bits per heavy atom. The van der Waals surface area contributed by atoms with E-state index < -0.39 is 5.91 Å². The standard InChI is InChI=1S/C3H6N2O2/c1-2-3(6)5-7-4/h2H,1,4H2,(H,5,6). The zero-order valence-electron chi connectivity index (χ0n) is 3.68. The van der Waals surface area contributed by atoms with Gasteiger partial charge in [-0.2, -0.15) is 10.8 Å². The van der Waals surface area contributed by atoms with Crippen LogP contribution in [0.3, 0.4) is 0 Å². The van der Waals surface area contributed by atoms with Crippen LogP contribution >= 0.6 is 0 Å². The first-order valence-corrected chi connectivity index (χ1v) is 1.59. The van der Waals surface area contributed by atoms with Gasteiger partial charge in [-0.3, -0.25) is 4.79 Å². The molecular formula is C3H6N2O2. The van der Waals surface area contributed by atoms with Crippen molar-refractivity contribution in [1.29, 1.82) is 0 Å². The van der Waals surface area contributed by atoms with Crippen molar-refractivity contribution in [2.24, 2.45) is 5.90 Å². The van der Waals surface area contributed by atoms with Crippen LogP contribution in [0.15, 0.2) is 12.7 Å². The molecule has 0 spiro atoms. The van der Waals surface area contributed by atoms with Gasteiger partial charge in [0, 0.05) is 0 Å². The molecule has 4 nitrogen and oxygen atoms in total. The fourth-order valence-electron chi connectivity index (χ4n) is 0.0997. The summed E-state index contributed by atoms with van der Waals surface area (Å²) in [7, 11) is 0. The molecule has 0 aromatic heterocycles. The topological polar surface area (TPSA) is 64.3 Å². The molecule has 0 atom stereocenters. The second kappa shape index (κ2) is 3.32. The van der Waals surface area contributed by atoms with Crippen LogP contribution in [0.1, 0.15) is 0 Å². The summed E-state index contributed by atoms with van der Waals surface area (Å²) in [5.74, 6) is 3.97. The van der Waals surface area contributed by atoms with E-state index in [1.807, 2.05) is 5.48 Å². The summed E-state index contributed by atoms with van der Waals surface area (Å²) >= 11 is 0. The summed E-state index contributed by atoms with van der Waals surface area (Å²) < 4.78 is 0. The molecule has 0 aromatic rings. The number of hydrogen-bond acceptors (Lipinski definition) is 3. The molecule has 0 aromatic carbocycles. The van der Waals surface area contributed by atoms with Crippen LogP contribution in [-0.4, -0.2) is 5.91 Å². The molecule has 0 saturated carbocycles. The third-order valence-corrected chi connectivity index (χ3v) is 0.345. The lowest BCUT2D eigenvalue weighted by atomic mass is 10.6. The third-order valence-electron chi connectivity index (χ3n) is 0.345. The minimum absolute atomic E-state index is 0.456. The Hall–Kier alpha value is -0.870. The summed E-state index contributed by atoms with van der Waals surface area (Å²) in [6, 6.07) is 0. The van der Waals surface area contributed by atoms with Gasteiger partial charge in [0.05, 0.1) is 0 Å². The van der Waals surface area contributed by atoms with Gasteiger partial charge >= 0.3 is 0 Å². The molecule has 0 aliphatic heterocycles. The SMILES string of the molecule is C=CC(=O)NON. The molecule has 0 aliphatic carbocycles. The molecular weight excluding hydrogens is 96.0 g/mol. The highest BCUT2D eigenvalue weighted by atomic mass is 16.8. The molecule has 0 rings (SSSR count). The van der Waals surface area contributed by atoms with E-state index >= 15 is 0 Å². The number of rotatable bonds is 2. The third kappa shape index (κ3) is 2.95. The molecule has 0 unspecified atom stereocenters. The van der Waals surface area contributed by atoms with E-state index in [0.29, 0.717) is 0 Å². The van der Waals surface area contributed by atoms with E-state index in [1.54, 1.807) is 0 Å². The van der Waals surface area contributed by atoms with Gasteiger partial charge in [-0.25, -0.2) is 5.48 Å². The highest BCUT2D eigenvalue weighted by Gasteiger charge is 1.85. The first-order valence-electron chi connectivity index (χ1n) is 1.59. The molecule has 1 amide bonds. The number of carbonyl (C=O) groups is 1. The highest BCUT2D eigenvalue weighted by molar-refractivity contribution is 5.85. The Kier molecular flexibility index (Phi) is 2.91. The van der Waals surface area contributed by atoms with Gasteiger partial charge in [0.2, 0.25) is 0 Å². The smallest absolute Gasteiger partial charge is 0.268 e. The molecule has 40 valence electrons. The summed E-state index contributed by atoms with van der Waals surface area (Å²) in [6.45, 7) is 3.13. The molecule has 0 saturated heterocycles. The summed E-state index contributed by atoms with van der Waals surface area (Å²) in [4.78, 5) is 13.7. The molecule has 0 heterocycles. The van der Waals surface area contributed by atoms with Crippen molar-refractivity contribution in [3.63, 3.8) is 0 Å². The molecule has 0 fully saturated rings. The first-order chi connectivity index (χ1) is 3.31. The van der Waals surface area contributed by atoms with Crippen molar-refractivity contribution in [3.05, 3.63) is 12.7 Å². The Labute approximate surface area is 40.9 Å². The Morgan fingerprint density at radius 2 is 2.57 bits per heavy atom. The summed E-state index contributed by atoms with van der Waals surface area (Å²) in [5.41, 5.74) is 1.82. The first kappa shape index (κ1) is 6.13. The van der Waals surface area contributed by atoms with Crippen molar-refractivity contribution >= 4 is 5.91 Å². The maximum absolute atomic E-state index is 9.98. The van der Waals surface area contributed by atoms with Gasteiger partial charge in [0.25, 0.3) is 5.91 Å². The molecule has 4 heteroatoms. The van der Waals surface area contributed by atoms with Crippen molar-refractivity contribution in [2.75, 3.05) is 0 Å². The summed E-state index contributed by atoms with van der Waals surface area (Å²) in [5, 5.41) is 0. The zero-order chi connectivity index (χ0) is 5.70. The van der Waals surface area contributed by atoms with E-state index in [-0.39, 0.29) is 0 Å². The molecule has 3 N–H and O–H groups in total. The van der Waals surface area contributed by atoms with Gasteiger partial charge in [0.15, 0.2) is 0 Å². The van der Waals surface area contributed by atoms with Crippen LogP contribution in [0, 0.1) is 0 Å². The van der Waals surface area contributed by atoms with Gasteiger partial charge in [0.1, 0.15) is 0 Å². The molecule has 7 heavy (non-hydrogen) atoms. The van der Waals surface area contributed by atoms with Crippen molar-refractivity contribution in [1.82, 2.24) is 5.48 Å². The van der Waals surface area contributed by atoms with Crippen LogP contribution in [-0.2, 0) is 9.73 Å². The maximum atomic E-state index is 9.98. The second-order valence-electron chi connectivity index (χ2n) is 0.788. The van der Waals surface area contributed by atoms with E-state index in [4.69, 9.17) is 0 Å². The number of nitrogens with one attached hydrogen (secondary N) is 1. The van der Waals surface area contributed by atoms with Gasteiger partial charge in [-0.05, 0) is 6.08 Å². The minimum atomic E-state index is -0.456. The molecule has 0 radical (unpaired) electrons. The number of nitrogens with two attached hydrogens (primary N) is 1. The minimum Gasteiger partial charge on any atom is -0.268 e.